The Labute approximate surface area is 132 Å². The number of halogens is 1. The summed E-state index contributed by atoms with van der Waals surface area (Å²) in [7, 11) is -1.70. The van der Waals surface area contributed by atoms with Crippen molar-refractivity contribution in [2.75, 3.05) is 26.8 Å². The highest BCUT2D eigenvalue weighted by Crippen LogP contribution is 2.28. The van der Waals surface area contributed by atoms with Gasteiger partial charge in [0.05, 0.1) is 12.4 Å². The van der Waals surface area contributed by atoms with E-state index in [1.165, 1.54) is 17.1 Å². The maximum Gasteiger partial charge on any atom is 0.218 e. The molecule has 4 nitrogen and oxygen atoms in total. The largest absolute Gasteiger partial charge is 0.380 e. The minimum Gasteiger partial charge on any atom is -0.380 e. The van der Waals surface area contributed by atoms with E-state index in [2.05, 4.69) is 0 Å². The number of benzene rings is 1. The molecule has 0 heterocycles. The van der Waals surface area contributed by atoms with Crippen LogP contribution in [0.3, 0.4) is 0 Å². The molecule has 0 bridgehead atoms. The fourth-order valence-electron chi connectivity index (χ4n) is 1.91. The van der Waals surface area contributed by atoms with Crippen LogP contribution < -0.4 is 0 Å². The molecule has 6 heteroatoms. The number of hydrogen-bond acceptors (Lipinski definition) is 3. The maximum atomic E-state index is 12.2. The first-order valence-corrected chi connectivity index (χ1v) is 9.31. The first-order chi connectivity index (χ1) is 10.0. The SMILES string of the molecule is CN(CCOCC1CC1)S(=O)(=O)Cc1ccc(CCl)cc1. The molecule has 0 N–H and O–H groups in total. The Bertz CT molecular complexity index is 541. The van der Waals surface area contributed by atoms with E-state index in [-0.39, 0.29) is 5.75 Å². The third kappa shape index (κ3) is 5.58. The van der Waals surface area contributed by atoms with Crippen molar-refractivity contribution in [3.63, 3.8) is 0 Å². The lowest BCUT2D eigenvalue weighted by molar-refractivity contribution is 0.117. The van der Waals surface area contributed by atoms with E-state index in [1.807, 2.05) is 24.3 Å². The van der Waals surface area contributed by atoms with Gasteiger partial charge in [-0.05, 0) is 29.9 Å². The van der Waals surface area contributed by atoms with E-state index in [1.54, 1.807) is 7.05 Å². The van der Waals surface area contributed by atoms with Crippen LogP contribution in [-0.2, 0) is 26.4 Å². The van der Waals surface area contributed by atoms with Gasteiger partial charge in [0.15, 0.2) is 0 Å². The Balaban J connectivity index is 1.80. The molecule has 1 aliphatic rings. The number of rotatable bonds is 9. The van der Waals surface area contributed by atoms with Crippen molar-refractivity contribution in [3.8, 4) is 0 Å². The second kappa shape index (κ2) is 7.58. The van der Waals surface area contributed by atoms with E-state index >= 15 is 0 Å². The quantitative estimate of drug-likeness (QED) is 0.516. The van der Waals surface area contributed by atoms with Gasteiger partial charge in [-0.25, -0.2) is 12.7 Å². The van der Waals surface area contributed by atoms with Crippen molar-refractivity contribution < 1.29 is 13.2 Å². The van der Waals surface area contributed by atoms with Gasteiger partial charge in [-0.1, -0.05) is 24.3 Å². The Morgan fingerprint density at radius 3 is 2.43 bits per heavy atom. The molecule has 0 saturated heterocycles. The topological polar surface area (TPSA) is 46.6 Å². The fraction of sp³-hybridized carbons (Fsp3) is 0.600. The third-order valence-corrected chi connectivity index (χ3v) is 5.74. The van der Waals surface area contributed by atoms with Crippen LogP contribution in [0.25, 0.3) is 0 Å². The molecule has 1 aromatic rings. The Morgan fingerprint density at radius 1 is 1.24 bits per heavy atom. The molecule has 0 atom stereocenters. The lowest BCUT2D eigenvalue weighted by Gasteiger charge is -2.17. The first kappa shape index (κ1) is 16.7. The summed E-state index contributed by atoms with van der Waals surface area (Å²) in [6.07, 6.45) is 2.48. The molecule has 1 saturated carbocycles. The van der Waals surface area contributed by atoms with E-state index in [0.717, 1.165) is 17.7 Å². The summed E-state index contributed by atoms with van der Waals surface area (Å²) in [5.41, 5.74) is 1.76. The standard InChI is InChI=1S/C15H22ClNO3S/c1-17(8-9-20-11-14-4-5-14)21(18,19)12-15-6-2-13(10-16)3-7-15/h2-3,6-7,14H,4-5,8-12H2,1H3. The molecule has 2 rings (SSSR count). The van der Waals surface area contributed by atoms with Gasteiger partial charge in [0.25, 0.3) is 0 Å². The molecule has 1 fully saturated rings. The average Bonchev–Trinajstić information content (AvgIpc) is 3.28. The zero-order valence-corrected chi connectivity index (χ0v) is 13.9. The van der Waals surface area contributed by atoms with Gasteiger partial charge in [0.1, 0.15) is 0 Å². The Hall–Kier alpha value is -0.620. The second-order valence-corrected chi connectivity index (χ2v) is 7.89. The van der Waals surface area contributed by atoms with Crippen LogP contribution in [-0.4, -0.2) is 39.5 Å². The molecule has 0 aromatic heterocycles. The van der Waals surface area contributed by atoms with Gasteiger partial charge in [-0.15, -0.1) is 11.6 Å². The zero-order valence-electron chi connectivity index (χ0n) is 12.3. The highest BCUT2D eigenvalue weighted by molar-refractivity contribution is 7.88. The predicted octanol–water partition coefficient (Wildman–Crippen LogP) is 2.61. The van der Waals surface area contributed by atoms with E-state index in [9.17, 15) is 8.42 Å². The fourth-order valence-corrected chi connectivity index (χ4v) is 3.28. The van der Waals surface area contributed by atoms with Gasteiger partial charge in [0.2, 0.25) is 10.0 Å². The summed E-state index contributed by atoms with van der Waals surface area (Å²) in [6, 6.07) is 7.34. The Kier molecular flexibility index (Phi) is 6.05. The van der Waals surface area contributed by atoms with Crippen molar-refractivity contribution in [2.45, 2.75) is 24.5 Å². The van der Waals surface area contributed by atoms with E-state index < -0.39 is 10.0 Å². The normalized spacial score (nSPS) is 15.6. The smallest absolute Gasteiger partial charge is 0.218 e. The summed E-state index contributed by atoms with van der Waals surface area (Å²) in [5.74, 6) is 1.15. The molecular weight excluding hydrogens is 310 g/mol. The van der Waals surface area contributed by atoms with Crippen LogP contribution in [0.1, 0.15) is 24.0 Å². The molecule has 21 heavy (non-hydrogen) atoms. The monoisotopic (exact) mass is 331 g/mol. The van der Waals surface area contributed by atoms with Crippen molar-refractivity contribution >= 4 is 21.6 Å². The molecular formula is C15H22ClNO3S. The summed E-state index contributed by atoms with van der Waals surface area (Å²) in [4.78, 5) is 0. The minimum atomic E-state index is -3.30. The molecule has 118 valence electrons. The molecule has 0 amide bonds. The van der Waals surface area contributed by atoms with Crippen molar-refractivity contribution in [1.29, 1.82) is 0 Å². The van der Waals surface area contributed by atoms with E-state index in [4.69, 9.17) is 16.3 Å². The number of hydrogen-bond donors (Lipinski definition) is 0. The first-order valence-electron chi connectivity index (χ1n) is 7.17. The highest BCUT2D eigenvalue weighted by atomic mass is 35.5. The van der Waals surface area contributed by atoms with Gasteiger partial charge in [-0.3, -0.25) is 0 Å². The van der Waals surface area contributed by atoms with Crippen LogP contribution >= 0.6 is 11.6 Å². The van der Waals surface area contributed by atoms with Crippen LogP contribution in [0.5, 0.6) is 0 Å². The molecule has 0 radical (unpaired) electrons. The van der Waals surface area contributed by atoms with Crippen molar-refractivity contribution in [3.05, 3.63) is 35.4 Å². The number of alkyl halides is 1. The van der Waals surface area contributed by atoms with E-state index in [0.29, 0.717) is 24.9 Å². The van der Waals surface area contributed by atoms with Gasteiger partial charge < -0.3 is 4.74 Å². The second-order valence-electron chi connectivity index (χ2n) is 5.55. The number of ether oxygens (including phenoxy) is 1. The number of likely N-dealkylation sites (N-methyl/N-ethyl adjacent to an activating group) is 1. The minimum absolute atomic E-state index is 0.00862. The number of sulfonamides is 1. The molecule has 0 unspecified atom stereocenters. The molecule has 1 aliphatic carbocycles. The lowest BCUT2D eigenvalue weighted by atomic mass is 10.2. The highest BCUT2D eigenvalue weighted by Gasteiger charge is 2.22. The number of nitrogens with zero attached hydrogens (tertiary/aromatic N) is 1. The molecule has 0 spiro atoms. The van der Waals surface area contributed by atoms with Gasteiger partial charge in [-0.2, -0.15) is 0 Å². The predicted molar refractivity (Wildman–Crippen MR) is 84.8 cm³/mol. The average molecular weight is 332 g/mol. The van der Waals surface area contributed by atoms with Crippen LogP contribution in [0.2, 0.25) is 0 Å². The summed E-state index contributed by atoms with van der Waals surface area (Å²) in [5, 5.41) is 0. The van der Waals surface area contributed by atoms with Crippen molar-refractivity contribution in [2.24, 2.45) is 5.92 Å². The summed E-state index contributed by atoms with van der Waals surface area (Å²) < 4.78 is 31.3. The third-order valence-electron chi connectivity index (χ3n) is 3.60. The van der Waals surface area contributed by atoms with Crippen LogP contribution in [0.15, 0.2) is 24.3 Å². The van der Waals surface area contributed by atoms with Crippen LogP contribution in [0, 0.1) is 5.92 Å². The molecule has 1 aromatic carbocycles. The van der Waals surface area contributed by atoms with Crippen LogP contribution in [0.4, 0.5) is 0 Å². The zero-order chi connectivity index (χ0) is 15.3. The molecule has 0 aliphatic heterocycles. The summed E-state index contributed by atoms with van der Waals surface area (Å²) >= 11 is 5.72. The van der Waals surface area contributed by atoms with Gasteiger partial charge >= 0.3 is 0 Å². The van der Waals surface area contributed by atoms with Gasteiger partial charge in [0, 0.05) is 26.1 Å². The lowest BCUT2D eigenvalue weighted by Crippen LogP contribution is -2.31. The maximum absolute atomic E-state index is 12.2. The summed E-state index contributed by atoms with van der Waals surface area (Å²) in [6.45, 7) is 1.61. The van der Waals surface area contributed by atoms with Crippen molar-refractivity contribution in [1.82, 2.24) is 4.31 Å². The Morgan fingerprint density at radius 2 is 1.86 bits per heavy atom.